The second-order valence-corrected chi connectivity index (χ2v) is 5.73. The van der Waals surface area contributed by atoms with Crippen molar-refractivity contribution < 1.29 is 18.4 Å². The SMILES string of the molecule is O=C(Cc1cc(-c2ccccc2)on1)NCCCOc1ccc(F)cc1. The third-order valence-electron chi connectivity index (χ3n) is 3.68. The average molecular weight is 354 g/mol. The zero-order valence-electron chi connectivity index (χ0n) is 14.2. The summed E-state index contributed by atoms with van der Waals surface area (Å²) >= 11 is 0. The van der Waals surface area contributed by atoms with Gasteiger partial charge in [-0.05, 0) is 30.7 Å². The number of nitrogens with zero attached hydrogens (tertiary/aromatic N) is 1. The van der Waals surface area contributed by atoms with Gasteiger partial charge in [0.2, 0.25) is 5.91 Å². The highest BCUT2D eigenvalue weighted by molar-refractivity contribution is 5.78. The van der Waals surface area contributed by atoms with Crippen molar-refractivity contribution in [3.63, 3.8) is 0 Å². The minimum Gasteiger partial charge on any atom is -0.494 e. The second-order valence-electron chi connectivity index (χ2n) is 5.73. The summed E-state index contributed by atoms with van der Waals surface area (Å²) in [7, 11) is 0. The largest absolute Gasteiger partial charge is 0.494 e. The maximum Gasteiger partial charge on any atom is 0.226 e. The molecule has 134 valence electrons. The Balaban J connectivity index is 1.37. The molecule has 3 rings (SSSR count). The van der Waals surface area contributed by atoms with Crippen LogP contribution in [0.1, 0.15) is 12.1 Å². The van der Waals surface area contributed by atoms with Crippen LogP contribution in [-0.4, -0.2) is 24.2 Å². The van der Waals surface area contributed by atoms with Crippen LogP contribution in [-0.2, 0) is 11.2 Å². The van der Waals surface area contributed by atoms with E-state index in [0.29, 0.717) is 36.8 Å². The summed E-state index contributed by atoms with van der Waals surface area (Å²) in [4.78, 5) is 12.0. The first-order valence-electron chi connectivity index (χ1n) is 8.37. The molecule has 0 unspecified atom stereocenters. The van der Waals surface area contributed by atoms with Crippen LogP contribution in [0.4, 0.5) is 4.39 Å². The number of benzene rings is 2. The lowest BCUT2D eigenvalue weighted by Gasteiger charge is -2.07. The molecule has 1 N–H and O–H groups in total. The number of halogens is 1. The molecule has 0 saturated heterocycles. The Labute approximate surface area is 150 Å². The molecular formula is C20H19FN2O3. The molecule has 6 heteroatoms. The first kappa shape index (κ1) is 17.7. The average Bonchev–Trinajstić information content (AvgIpc) is 3.12. The van der Waals surface area contributed by atoms with Gasteiger partial charge in [-0.1, -0.05) is 35.5 Å². The number of ether oxygens (including phenoxy) is 1. The second kappa shape index (κ2) is 8.80. The van der Waals surface area contributed by atoms with Crippen LogP contribution in [0.5, 0.6) is 5.75 Å². The van der Waals surface area contributed by atoms with Crippen molar-refractivity contribution in [3.05, 3.63) is 72.2 Å². The van der Waals surface area contributed by atoms with Gasteiger partial charge in [-0.3, -0.25) is 4.79 Å². The van der Waals surface area contributed by atoms with Crippen molar-refractivity contribution in [3.8, 4) is 17.1 Å². The van der Waals surface area contributed by atoms with E-state index in [1.165, 1.54) is 12.1 Å². The Bertz CT molecular complexity index is 832. The van der Waals surface area contributed by atoms with Crippen LogP contribution < -0.4 is 10.1 Å². The summed E-state index contributed by atoms with van der Waals surface area (Å²) in [5, 5.41) is 6.75. The molecule has 0 radical (unpaired) electrons. The van der Waals surface area contributed by atoms with Gasteiger partial charge in [0.25, 0.3) is 0 Å². The maximum atomic E-state index is 12.8. The quantitative estimate of drug-likeness (QED) is 0.628. The summed E-state index contributed by atoms with van der Waals surface area (Å²) in [6.07, 6.45) is 0.812. The van der Waals surface area contributed by atoms with Gasteiger partial charge in [0.1, 0.15) is 11.6 Å². The molecule has 0 spiro atoms. The van der Waals surface area contributed by atoms with E-state index in [2.05, 4.69) is 10.5 Å². The molecule has 1 aromatic heterocycles. The van der Waals surface area contributed by atoms with E-state index < -0.39 is 0 Å². The molecule has 1 amide bonds. The molecule has 1 heterocycles. The zero-order valence-corrected chi connectivity index (χ0v) is 14.2. The van der Waals surface area contributed by atoms with Gasteiger partial charge in [-0.15, -0.1) is 0 Å². The summed E-state index contributed by atoms with van der Waals surface area (Å²) in [5.41, 5.74) is 1.51. The van der Waals surface area contributed by atoms with Crippen LogP contribution in [0.3, 0.4) is 0 Å². The molecule has 26 heavy (non-hydrogen) atoms. The minimum atomic E-state index is -0.298. The van der Waals surface area contributed by atoms with Gasteiger partial charge in [-0.2, -0.15) is 0 Å². The van der Waals surface area contributed by atoms with E-state index >= 15 is 0 Å². The number of rotatable bonds is 8. The Morgan fingerprint density at radius 3 is 2.65 bits per heavy atom. The Morgan fingerprint density at radius 1 is 1.12 bits per heavy atom. The molecular weight excluding hydrogens is 335 g/mol. The highest BCUT2D eigenvalue weighted by atomic mass is 19.1. The Hall–Kier alpha value is -3.15. The number of hydrogen-bond acceptors (Lipinski definition) is 4. The highest BCUT2D eigenvalue weighted by Crippen LogP contribution is 2.19. The number of aromatic nitrogens is 1. The Morgan fingerprint density at radius 2 is 1.88 bits per heavy atom. The third-order valence-corrected chi connectivity index (χ3v) is 3.68. The van der Waals surface area contributed by atoms with Gasteiger partial charge >= 0.3 is 0 Å². The van der Waals surface area contributed by atoms with Gasteiger partial charge in [0, 0.05) is 18.2 Å². The van der Waals surface area contributed by atoms with E-state index in [0.717, 1.165) is 5.56 Å². The lowest BCUT2D eigenvalue weighted by molar-refractivity contribution is -0.120. The van der Waals surface area contributed by atoms with Crippen LogP contribution in [0.25, 0.3) is 11.3 Å². The molecule has 0 aliphatic rings. The van der Waals surface area contributed by atoms with Crippen molar-refractivity contribution in [2.24, 2.45) is 0 Å². The summed E-state index contributed by atoms with van der Waals surface area (Å²) < 4.78 is 23.5. The summed E-state index contributed by atoms with van der Waals surface area (Å²) in [6, 6.07) is 17.2. The molecule has 5 nitrogen and oxygen atoms in total. The van der Waals surface area contributed by atoms with E-state index in [4.69, 9.17) is 9.26 Å². The molecule has 0 aliphatic heterocycles. The van der Waals surface area contributed by atoms with E-state index in [9.17, 15) is 9.18 Å². The molecule has 0 bridgehead atoms. The predicted molar refractivity (Wildman–Crippen MR) is 95.2 cm³/mol. The van der Waals surface area contributed by atoms with Crippen molar-refractivity contribution in [1.29, 1.82) is 0 Å². The molecule has 0 atom stereocenters. The van der Waals surface area contributed by atoms with Crippen molar-refractivity contribution in [2.75, 3.05) is 13.2 Å². The predicted octanol–water partition coefficient (Wildman–Crippen LogP) is 3.61. The van der Waals surface area contributed by atoms with Crippen LogP contribution in [0, 0.1) is 5.82 Å². The summed E-state index contributed by atoms with van der Waals surface area (Å²) in [6.45, 7) is 0.928. The minimum absolute atomic E-state index is 0.125. The molecule has 0 fully saturated rings. The smallest absolute Gasteiger partial charge is 0.226 e. The lowest BCUT2D eigenvalue weighted by Crippen LogP contribution is -2.27. The zero-order chi connectivity index (χ0) is 18.2. The molecule has 2 aromatic carbocycles. The highest BCUT2D eigenvalue weighted by Gasteiger charge is 2.10. The van der Waals surface area contributed by atoms with E-state index in [1.807, 2.05) is 30.3 Å². The van der Waals surface area contributed by atoms with Gasteiger partial charge in [0.05, 0.1) is 18.7 Å². The molecule has 0 aliphatic carbocycles. The summed E-state index contributed by atoms with van der Waals surface area (Å²) in [5.74, 6) is 0.822. The first-order valence-corrected chi connectivity index (χ1v) is 8.37. The van der Waals surface area contributed by atoms with E-state index in [1.54, 1.807) is 18.2 Å². The van der Waals surface area contributed by atoms with Crippen molar-refractivity contribution in [2.45, 2.75) is 12.8 Å². The number of hydrogen-bond donors (Lipinski definition) is 1. The fraction of sp³-hybridized carbons (Fsp3) is 0.200. The topological polar surface area (TPSA) is 64.4 Å². The molecule has 0 saturated carbocycles. The third kappa shape index (κ3) is 5.17. The molecule has 3 aromatic rings. The van der Waals surface area contributed by atoms with Crippen molar-refractivity contribution in [1.82, 2.24) is 10.5 Å². The van der Waals surface area contributed by atoms with Crippen LogP contribution in [0.2, 0.25) is 0 Å². The number of carbonyl (C=O) groups excluding carboxylic acids is 1. The van der Waals surface area contributed by atoms with Crippen molar-refractivity contribution >= 4 is 5.91 Å². The first-order chi connectivity index (χ1) is 12.7. The normalized spacial score (nSPS) is 10.5. The number of nitrogens with one attached hydrogen (secondary N) is 1. The van der Waals surface area contributed by atoms with E-state index in [-0.39, 0.29) is 18.1 Å². The van der Waals surface area contributed by atoms with Crippen LogP contribution in [0.15, 0.2) is 65.2 Å². The van der Waals surface area contributed by atoms with Gasteiger partial charge in [-0.25, -0.2) is 4.39 Å². The van der Waals surface area contributed by atoms with Gasteiger partial charge in [0.15, 0.2) is 5.76 Å². The monoisotopic (exact) mass is 354 g/mol. The standard InChI is InChI=1S/C20H19FN2O3/c21-16-7-9-18(10-8-16)25-12-4-11-22-20(24)14-17-13-19(26-23-17)15-5-2-1-3-6-15/h1-3,5-10,13H,4,11-12,14H2,(H,22,24). The number of carbonyl (C=O) groups is 1. The maximum absolute atomic E-state index is 12.8. The lowest BCUT2D eigenvalue weighted by atomic mass is 10.1. The number of amides is 1. The fourth-order valence-electron chi connectivity index (χ4n) is 2.38. The fourth-order valence-corrected chi connectivity index (χ4v) is 2.38. The van der Waals surface area contributed by atoms with Gasteiger partial charge < -0.3 is 14.6 Å². The Kier molecular flexibility index (Phi) is 5.98. The van der Waals surface area contributed by atoms with Crippen LogP contribution >= 0.6 is 0 Å².